The van der Waals surface area contributed by atoms with Crippen molar-refractivity contribution in [1.82, 2.24) is 9.97 Å². The lowest BCUT2D eigenvalue weighted by Crippen LogP contribution is -1.99. The van der Waals surface area contributed by atoms with Crippen molar-refractivity contribution in [3.05, 3.63) is 59.4 Å². The molecule has 0 unspecified atom stereocenters. The van der Waals surface area contributed by atoms with E-state index in [4.69, 9.17) is 14.2 Å². The van der Waals surface area contributed by atoms with E-state index in [9.17, 15) is 5.11 Å². The Morgan fingerprint density at radius 3 is 2.28 bits per heavy atom. The number of hydrogen-bond acceptors (Lipinski definition) is 6. The maximum Gasteiger partial charge on any atom is 0.215 e. The van der Waals surface area contributed by atoms with Crippen LogP contribution in [0.5, 0.6) is 23.1 Å². The third kappa shape index (κ3) is 4.76. The number of rotatable bonds is 6. The van der Waals surface area contributed by atoms with Gasteiger partial charge in [0, 0.05) is 40.7 Å². The number of halogens is 2. The van der Waals surface area contributed by atoms with Gasteiger partial charge in [-0.2, -0.15) is 0 Å². The van der Waals surface area contributed by atoms with Crippen molar-refractivity contribution in [2.24, 2.45) is 0 Å². The third-order valence-electron chi connectivity index (χ3n) is 5.19. The number of aromatic nitrogens is 2. The minimum atomic E-state index is 0. The van der Waals surface area contributed by atoms with E-state index < -0.39 is 0 Å². The zero-order valence-corrected chi connectivity index (χ0v) is 20.0. The van der Waals surface area contributed by atoms with Gasteiger partial charge >= 0.3 is 0 Å². The van der Waals surface area contributed by atoms with Gasteiger partial charge in [-0.15, -0.1) is 24.8 Å². The van der Waals surface area contributed by atoms with Gasteiger partial charge in [0.1, 0.15) is 5.75 Å². The minimum absolute atomic E-state index is 0. The second-order valence-electron chi connectivity index (χ2n) is 7.06. The molecule has 0 saturated carbocycles. The fraction of sp³-hybridized carbons (Fsp3) is 0.250. The lowest BCUT2D eigenvalue weighted by atomic mass is 9.98. The first-order valence-corrected chi connectivity index (χ1v) is 9.79. The first-order valence-electron chi connectivity index (χ1n) is 9.79. The van der Waals surface area contributed by atoms with E-state index in [0.717, 1.165) is 44.2 Å². The highest BCUT2D eigenvalue weighted by Crippen LogP contribution is 2.38. The van der Waals surface area contributed by atoms with Crippen LogP contribution in [0.1, 0.15) is 23.7 Å². The van der Waals surface area contributed by atoms with Gasteiger partial charge in [-0.3, -0.25) is 4.98 Å². The predicted molar refractivity (Wildman–Crippen MR) is 131 cm³/mol. The van der Waals surface area contributed by atoms with Gasteiger partial charge in [0.25, 0.3) is 0 Å². The van der Waals surface area contributed by atoms with E-state index in [1.54, 1.807) is 14.2 Å². The molecule has 0 aliphatic carbocycles. The quantitative estimate of drug-likeness (QED) is 0.387. The summed E-state index contributed by atoms with van der Waals surface area (Å²) in [7, 11) is 3.20. The number of benzene rings is 2. The maximum absolute atomic E-state index is 10.6. The summed E-state index contributed by atoms with van der Waals surface area (Å²) < 4.78 is 16.4. The molecule has 6 nitrogen and oxygen atoms in total. The summed E-state index contributed by atoms with van der Waals surface area (Å²) in [4.78, 5) is 8.93. The van der Waals surface area contributed by atoms with Crippen molar-refractivity contribution in [3.8, 4) is 23.1 Å². The van der Waals surface area contributed by atoms with Crippen LogP contribution in [-0.4, -0.2) is 35.9 Å². The normalized spacial score (nSPS) is 10.4. The number of ether oxygens (including phenoxy) is 3. The van der Waals surface area contributed by atoms with Crippen molar-refractivity contribution >= 4 is 46.5 Å². The number of fused-ring (bicyclic) bond motifs is 2. The monoisotopic (exact) mass is 476 g/mol. The van der Waals surface area contributed by atoms with Gasteiger partial charge in [0.05, 0.1) is 26.3 Å². The Morgan fingerprint density at radius 1 is 0.938 bits per heavy atom. The average Bonchev–Trinajstić information content (AvgIpc) is 2.76. The van der Waals surface area contributed by atoms with E-state index in [1.165, 1.54) is 0 Å². The number of pyridine rings is 2. The zero-order chi connectivity index (χ0) is 21.3. The molecule has 2 aromatic carbocycles. The minimum Gasteiger partial charge on any atom is -0.494 e. The summed E-state index contributed by atoms with van der Waals surface area (Å²) in [5, 5.41) is 13.4. The van der Waals surface area contributed by atoms with Crippen molar-refractivity contribution in [2.75, 3.05) is 20.8 Å². The van der Waals surface area contributed by atoms with E-state index in [-0.39, 0.29) is 30.7 Å². The molecule has 4 rings (SSSR count). The zero-order valence-electron chi connectivity index (χ0n) is 18.3. The molecule has 0 saturated heterocycles. The van der Waals surface area contributed by atoms with Crippen LogP contribution >= 0.6 is 24.8 Å². The second-order valence-corrected chi connectivity index (χ2v) is 7.06. The van der Waals surface area contributed by atoms with Gasteiger partial charge in [0.15, 0.2) is 11.5 Å². The van der Waals surface area contributed by atoms with Gasteiger partial charge in [-0.05, 0) is 55.1 Å². The fourth-order valence-corrected chi connectivity index (χ4v) is 3.71. The molecule has 170 valence electrons. The number of aromatic hydroxyl groups is 1. The van der Waals surface area contributed by atoms with E-state index >= 15 is 0 Å². The smallest absolute Gasteiger partial charge is 0.215 e. The Bertz CT molecular complexity index is 1250. The maximum atomic E-state index is 10.6. The SMILES string of the molecule is CCOc1ccc2cc(Cc3c(O)nc(C)c4cc(OC)c(OC)cc34)cnc2c1.Cl.Cl. The molecular formula is C24H26Cl2N2O4. The topological polar surface area (TPSA) is 73.7 Å². The molecule has 2 aromatic heterocycles. The molecule has 32 heavy (non-hydrogen) atoms. The number of hydrogen-bond donors (Lipinski definition) is 1. The van der Waals surface area contributed by atoms with Crippen molar-refractivity contribution < 1.29 is 19.3 Å². The Morgan fingerprint density at radius 2 is 1.62 bits per heavy atom. The molecule has 8 heteroatoms. The summed E-state index contributed by atoms with van der Waals surface area (Å²) in [6.45, 7) is 4.44. The Labute approximate surface area is 199 Å². The first-order chi connectivity index (χ1) is 14.5. The van der Waals surface area contributed by atoms with E-state index in [1.807, 2.05) is 50.4 Å². The van der Waals surface area contributed by atoms with Crippen LogP contribution in [0.25, 0.3) is 21.7 Å². The average molecular weight is 477 g/mol. The van der Waals surface area contributed by atoms with Crippen molar-refractivity contribution in [2.45, 2.75) is 20.3 Å². The molecule has 4 aromatic rings. The lowest BCUT2D eigenvalue weighted by molar-refractivity contribution is 0.340. The Hall–Kier alpha value is -2.96. The lowest BCUT2D eigenvalue weighted by Gasteiger charge is -2.15. The molecule has 0 aliphatic heterocycles. The van der Waals surface area contributed by atoms with Crippen LogP contribution in [0.3, 0.4) is 0 Å². The van der Waals surface area contributed by atoms with Gasteiger partial charge in [-0.1, -0.05) is 0 Å². The van der Waals surface area contributed by atoms with Gasteiger partial charge < -0.3 is 19.3 Å². The van der Waals surface area contributed by atoms with Crippen molar-refractivity contribution in [3.63, 3.8) is 0 Å². The summed E-state index contributed by atoms with van der Waals surface area (Å²) in [5.41, 5.74) is 3.30. The molecule has 0 amide bonds. The molecular weight excluding hydrogens is 451 g/mol. The van der Waals surface area contributed by atoms with Crippen LogP contribution in [0.15, 0.2) is 42.6 Å². The van der Waals surface area contributed by atoms with Crippen LogP contribution in [-0.2, 0) is 6.42 Å². The first kappa shape index (κ1) is 25.3. The summed E-state index contributed by atoms with van der Waals surface area (Å²) in [5.74, 6) is 2.05. The molecule has 0 atom stereocenters. The molecule has 0 bridgehead atoms. The third-order valence-corrected chi connectivity index (χ3v) is 5.19. The summed E-state index contributed by atoms with van der Waals surface area (Å²) in [6, 6.07) is 11.7. The van der Waals surface area contributed by atoms with Gasteiger partial charge in [-0.25, -0.2) is 4.98 Å². The molecule has 0 fully saturated rings. The predicted octanol–water partition coefficient (Wildman–Crippen LogP) is 5.65. The van der Waals surface area contributed by atoms with Crippen molar-refractivity contribution in [1.29, 1.82) is 0 Å². The fourth-order valence-electron chi connectivity index (χ4n) is 3.71. The molecule has 1 N–H and O–H groups in total. The van der Waals surface area contributed by atoms with Crippen LogP contribution < -0.4 is 14.2 Å². The molecule has 0 radical (unpaired) electrons. The highest BCUT2D eigenvalue weighted by molar-refractivity contribution is 5.92. The molecule has 2 heterocycles. The highest BCUT2D eigenvalue weighted by atomic mass is 35.5. The van der Waals surface area contributed by atoms with Crippen LogP contribution in [0.2, 0.25) is 0 Å². The van der Waals surface area contributed by atoms with Crippen LogP contribution in [0.4, 0.5) is 0 Å². The van der Waals surface area contributed by atoms with Crippen LogP contribution in [0, 0.1) is 6.92 Å². The Kier molecular flexibility index (Phi) is 8.36. The van der Waals surface area contributed by atoms with E-state index in [2.05, 4.69) is 16.0 Å². The van der Waals surface area contributed by atoms with Gasteiger partial charge in [0.2, 0.25) is 5.88 Å². The number of methoxy groups -OCH3 is 2. The highest BCUT2D eigenvalue weighted by Gasteiger charge is 2.16. The summed E-state index contributed by atoms with van der Waals surface area (Å²) in [6.07, 6.45) is 2.31. The second kappa shape index (κ2) is 10.6. The molecule has 0 aliphatic rings. The number of aryl methyl sites for hydroxylation is 1. The van der Waals surface area contributed by atoms with E-state index in [0.29, 0.717) is 24.5 Å². The largest absolute Gasteiger partial charge is 0.494 e. The molecule has 0 spiro atoms. The number of nitrogens with zero attached hydrogens (tertiary/aromatic N) is 2. The Balaban J connectivity index is 0.00000181. The summed E-state index contributed by atoms with van der Waals surface area (Å²) >= 11 is 0. The standard InChI is InChI=1S/C24H24N2O4.2ClH/c1-5-30-17-7-6-16-8-15(13-25-21(16)10-17)9-20-19-12-23(29-4)22(28-3)11-18(19)14(2)26-24(20)27;;/h6-8,10-13H,5,9H2,1-4H3,(H,26,27);2*1H.